The van der Waals surface area contributed by atoms with Gasteiger partial charge in [0.25, 0.3) is 5.19 Å². The predicted molar refractivity (Wildman–Crippen MR) is 95.0 cm³/mol. The van der Waals surface area contributed by atoms with Crippen LogP contribution in [0.25, 0.3) is 0 Å². The number of hydrogen-bond acceptors (Lipinski definition) is 6. The first kappa shape index (κ1) is 21.8. The van der Waals surface area contributed by atoms with Gasteiger partial charge in [0, 0.05) is 30.7 Å². The molecule has 0 aliphatic carbocycles. The number of aromatic nitrogens is 1. The molecule has 0 bridgehead atoms. The summed E-state index contributed by atoms with van der Waals surface area (Å²) in [6.45, 7) is 7.91. The molecule has 7 heteroatoms. The van der Waals surface area contributed by atoms with Crippen LogP contribution in [0.2, 0.25) is 0 Å². The summed E-state index contributed by atoms with van der Waals surface area (Å²) in [6.07, 6.45) is 6.83. The molecule has 0 spiro atoms. The molecule has 1 unspecified atom stereocenters. The Morgan fingerprint density at radius 2 is 2.17 bits per heavy atom. The van der Waals surface area contributed by atoms with E-state index in [1.807, 2.05) is 19.2 Å². The van der Waals surface area contributed by atoms with Crippen LogP contribution in [0, 0.1) is 0 Å². The number of hydrogen-bond donors (Lipinski definition) is 3. The maximum atomic E-state index is 9.73. The third kappa shape index (κ3) is 15.5. The van der Waals surface area contributed by atoms with Gasteiger partial charge < -0.3 is 20.5 Å². The summed E-state index contributed by atoms with van der Waals surface area (Å²) in [6, 6.07) is 0.379. The van der Waals surface area contributed by atoms with Crippen molar-refractivity contribution >= 4 is 17.7 Å². The second-order valence-electron chi connectivity index (χ2n) is 5.46. The SMILES string of the molecule is CC(C)NCC(O)COc1nccs1.CCCCCCNC=O. The van der Waals surface area contributed by atoms with E-state index in [1.165, 1.54) is 30.6 Å². The highest BCUT2D eigenvalue weighted by atomic mass is 32.1. The predicted octanol–water partition coefficient (Wildman–Crippen LogP) is 2.19. The Morgan fingerprint density at radius 1 is 1.39 bits per heavy atom. The van der Waals surface area contributed by atoms with Crippen LogP contribution in [0.1, 0.15) is 46.5 Å². The van der Waals surface area contributed by atoms with Gasteiger partial charge in [-0.05, 0) is 6.42 Å². The van der Waals surface area contributed by atoms with E-state index in [1.54, 1.807) is 6.20 Å². The fourth-order valence-electron chi connectivity index (χ4n) is 1.59. The summed E-state index contributed by atoms with van der Waals surface area (Å²) in [5.74, 6) is 0. The van der Waals surface area contributed by atoms with Gasteiger partial charge in [0.1, 0.15) is 12.7 Å². The van der Waals surface area contributed by atoms with Crippen LogP contribution in [0.3, 0.4) is 0 Å². The third-order valence-corrected chi connectivity index (χ3v) is 3.51. The first-order valence-corrected chi connectivity index (χ1v) is 9.08. The zero-order valence-corrected chi connectivity index (χ0v) is 15.3. The standard InChI is InChI=1S/C9H16N2O2S.C7H15NO/c1-7(2)11-5-8(12)6-13-9-10-3-4-14-9;1-2-3-4-5-6-8-7-9/h3-4,7-8,11-12H,5-6H2,1-2H3;7H,2-6H2,1H3,(H,8,9). The molecule has 1 atom stereocenters. The van der Waals surface area contributed by atoms with Crippen LogP contribution in [-0.2, 0) is 4.79 Å². The highest BCUT2D eigenvalue weighted by Crippen LogP contribution is 2.13. The number of nitrogens with zero attached hydrogens (tertiary/aromatic N) is 1. The monoisotopic (exact) mass is 345 g/mol. The minimum absolute atomic E-state index is 0.285. The number of nitrogens with one attached hydrogen (secondary N) is 2. The number of carbonyl (C=O) groups is 1. The number of amides is 1. The quantitative estimate of drug-likeness (QED) is 0.399. The van der Waals surface area contributed by atoms with Crippen molar-refractivity contribution in [3.63, 3.8) is 0 Å². The molecule has 1 amide bonds. The maximum Gasteiger partial charge on any atom is 0.273 e. The van der Waals surface area contributed by atoms with E-state index in [0.717, 1.165) is 19.4 Å². The number of carbonyl (C=O) groups excluding carboxylic acids is 1. The molecule has 134 valence electrons. The Labute approximate surface area is 143 Å². The van der Waals surface area contributed by atoms with Gasteiger partial charge in [0.15, 0.2) is 0 Å². The number of thiazole rings is 1. The van der Waals surface area contributed by atoms with Crippen molar-refractivity contribution in [2.24, 2.45) is 0 Å². The van der Waals surface area contributed by atoms with Crippen LogP contribution in [-0.4, -0.2) is 48.3 Å². The molecule has 6 nitrogen and oxygen atoms in total. The normalized spacial score (nSPS) is 11.5. The van der Waals surface area contributed by atoms with Crippen molar-refractivity contribution in [1.29, 1.82) is 0 Å². The van der Waals surface area contributed by atoms with Gasteiger partial charge in [-0.25, -0.2) is 4.98 Å². The summed E-state index contributed by atoms with van der Waals surface area (Å²) >= 11 is 1.42. The fraction of sp³-hybridized carbons (Fsp3) is 0.750. The molecule has 1 heterocycles. The van der Waals surface area contributed by atoms with Gasteiger partial charge in [-0.15, -0.1) is 0 Å². The molecular formula is C16H31N3O3S. The number of aliphatic hydroxyl groups is 1. The van der Waals surface area contributed by atoms with Crippen LogP contribution in [0.4, 0.5) is 0 Å². The molecule has 23 heavy (non-hydrogen) atoms. The molecule has 1 rings (SSSR count). The molecule has 0 aliphatic rings. The smallest absolute Gasteiger partial charge is 0.273 e. The molecule has 1 aromatic heterocycles. The first-order chi connectivity index (χ1) is 11.1. The lowest BCUT2D eigenvalue weighted by Gasteiger charge is -2.13. The molecule has 0 aromatic carbocycles. The minimum Gasteiger partial charge on any atom is -0.467 e. The van der Waals surface area contributed by atoms with Gasteiger partial charge in [0.2, 0.25) is 6.41 Å². The lowest BCUT2D eigenvalue weighted by atomic mass is 10.2. The lowest BCUT2D eigenvalue weighted by molar-refractivity contribution is -0.109. The summed E-state index contributed by atoms with van der Waals surface area (Å²) in [5.41, 5.74) is 0. The van der Waals surface area contributed by atoms with Gasteiger partial charge in [-0.2, -0.15) is 0 Å². The number of rotatable bonds is 12. The molecular weight excluding hydrogens is 314 g/mol. The number of aliphatic hydroxyl groups excluding tert-OH is 1. The summed E-state index contributed by atoms with van der Waals surface area (Å²) in [4.78, 5) is 13.7. The van der Waals surface area contributed by atoms with E-state index in [4.69, 9.17) is 4.74 Å². The van der Waals surface area contributed by atoms with E-state index in [2.05, 4.69) is 22.5 Å². The van der Waals surface area contributed by atoms with Crippen molar-refractivity contribution in [3.05, 3.63) is 11.6 Å². The van der Waals surface area contributed by atoms with Crippen LogP contribution in [0.5, 0.6) is 5.19 Å². The second-order valence-corrected chi connectivity index (χ2v) is 6.32. The van der Waals surface area contributed by atoms with Crippen molar-refractivity contribution in [3.8, 4) is 5.19 Å². The van der Waals surface area contributed by atoms with Crippen molar-refractivity contribution in [2.75, 3.05) is 19.7 Å². The van der Waals surface area contributed by atoms with E-state index in [0.29, 0.717) is 17.8 Å². The highest BCUT2D eigenvalue weighted by Gasteiger charge is 2.06. The molecule has 0 fully saturated rings. The molecule has 1 aromatic rings. The fourth-order valence-corrected chi connectivity index (χ4v) is 2.09. The Bertz CT molecular complexity index is 361. The van der Waals surface area contributed by atoms with Crippen LogP contribution < -0.4 is 15.4 Å². The maximum absolute atomic E-state index is 9.73. The zero-order chi connectivity index (χ0) is 17.3. The average Bonchev–Trinajstić information content (AvgIpc) is 3.05. The van der Waals surface area contributed by atoms with Crippen LogP contribution >= 0.6 is 11.3 Å². The Kier molecular flexibility index (Phi) is 14.9. The zero-order valence-electron chi connectivity index (χ0n) is 14.5. The van der Waals surface area contributed by atoms with Gasteiger partial charge in [0.05, 0.1) is 0 Å². The molecule has 0 saturated heterocycles. The second kappa shape index (κ2) is 15.7. The Morgan fingerprint density at radius 3 is 2.74 bits per heavy atom. The summed E-state index contributed by atoms with van der Waals surface area (Å²) < 4.78 is 5.26. The number of ether oxygens (including phenoxy) is 1. The lowest BCUT2D eigenvalue weighted by Crippen LogP contribution is -2.35. The topological polar surface area (TPSA) is 83.5 Å². The van der Waals surface area contributed by atoms with Crippen molar-refractivity contribution in [1.82, 2.24) is 15.6 Å². The van der Waals surface area contributed by atoms with Gasteiger partial charge in [-0.1, -0.05) is 51.4 Å². The van der Waals surface area contributed by atoms with E-state index >= 15 is 0 Å². The van der Waals surface area contributed by atoms with E-state index in [9.17, 15) is 9.90 Å². The highest BCUT2D eigenvalue weighted by molar-refractivity contribution is 7.11. The molecule has 0 saturated carbocycles. The number of unbranched alkanes of at least 4 members (excludes halogenated alkanes) is 3. The average molecular weight is 346 g/mol. The minimum atomic E-state index is -0.485. The van der Waals surface area contributed by atoms with Crippen LogP contribution in [0.15, 0.2) is 11.6 Å². The molecule has 0 radical (unpaired) electrons. The largest absolute Gasteiger partial charge is 0.467 e. The summed E-state index contributed by atoms with van der Waals surface area (Å²) in [5, 5.41) is 17.7. The summed E-state index contributed by atoms with van der Waals surface area (Å²) in [7, 11) is 0. The van der Waals surface area contributed by atoms with Gasteiger partial charge >= 0.3 is 0 Å². The van der Waals surface area contributed by atoms with Crippen molar-refractivity contribution in [2.45, 2.75) is 58.6 Å². The molecule has 0 aliphatic heterocycles. The Hall–Kier alpha value is -1.18. The van der Waals surface area contributed by atoms with E-state index < -0.39 is 6.10 Å². The van der Waals surface area contributed by atoms with Gasteiger partial charge in [-0.3, -0.25) is 4.79 Å². The molecule has 3 N–H and O–H groups in total. The van der Waals surface area contributed by atoms with E-state index in [-0.39, 0.29) is 6.61 Å². The van der Waals surface area contributed by atoms with Crippen molar-refractivity contribution < 1.29 is 14.6 Å². The third-order valence-electron chi connectivity index (χ3n) is 2.83. The first-order valence-electron chi connectivity index (χ1n) is 8.20. The Balaban J connectivity index is 0.000000468.